The summed E-state index contributed by atoms with van der Waals surface area (Å²) in [7, 11) is 0. The maximum atomic E-state index is 13.7. The van der Waals surface area contributed by atoms with Crippen molar-refractivity contribution < 1.29 is 13.6 Å². The molecular formula is C19H23ClFNO2S. The number of hydrogen-bond acceptors (Lipinski definition) is 3. The number of hydrogen-bond donors (Lipinski definition) is 1. The lowest BCUT2D eigenvalue weighted by atomic mass is 9.93. The fourth-order valence-corrected chi connectivity index (χ4v) is 3.45. The van der Waals surface area contributed by atoms with Gasteiger partial charge in [-0.15, -0.1) is 0 Å². The van der Waals surface area contributed by atoms with Crippen molar-refractivity contribution in [1.82, 2.24) is 5.32 Å². The van der Waals surface area contributed by atoms with Gasteiger partial charge >= 0.3 is 0 Å². The molecule has 0 aliphatic rings. The van der Waals surface area contributed by atoms with E-state index in [1.165, 1.54) is 17.8 Å². The fraction of sp³-hybridized carbons (Fsp3) is 0.421. The van der Waals surface area contributed by atoms with Gasteiger partial charge in [0.25, 0.3) is 5.91 Å². The predicted molar refractivity (Wildman–Crippen MR) is 102 cm³/mol. The Morgan fingerprint density at radius 2 is 2.08 bits per heavy atom. The van der Waals surface area contributed by atoms with Crippen molar-refractivity contribution >= 4 is 29.3 Å². The lowest BCUT2D eigenvalue weighted by molar-refractivity contribution is 0.0954. The highest BCUT2D eigenvalue weighted by molar-refractivity contribution is 7.98. The third-order valence-corrected chi connectivity index (χ3v) is 5.08. The van der Waals surface area contributed by atoms with Gasteiger partial charge in [0, 0.05) is 34.1 Å². The van der Waals surface area contributed by atoms with Crippen LogP contribution in [-0.2, 0) is 11.2 Å². The number of carbonyl (C=O) groups is 1. The lowest BCUT2D eigenvalue weighted by Gasteiger charge is -2.13. The average molecular weight is 384 g/mol. The van der Waals surface area contributed by atoms with Crippen molar-refractivity contribution in [2.45, 2.75) is 38.9 Å². The molecule has 25 heavy (non-hydrogen) atoms. The average Bonchev–Trinajstić information content (AvgIpc) is 2.91. The van der Waals surface area contributed by atoms with Gasteiger partial charge in [0.15, 0.2) is 0 Å². The number of halogens is 2. The van der Waals surface area contributed by atoms with Crippen molar-refractivity contribution in [2.75, 3.05) is 12.3 Å². The van der Waals surface area contributed by atoms with Crippen molar-refractivity contribution in [3.8, 4) is 0 Å². The number of nitrogens with one attached hydrogen (secondary N) is 1. The Labute approximate surface area is 157 Å². The monoisotopic (exact) mass is 383 g/mol. The zero-order valence-corrected chi connectivity index (χ0v) is 16.5. The number of furan rings is 1. The van der Waals surface area contributed by atoms with Crippen LogP contribution in [0.3, 0.4) is 0 Å². The van der Waals surface area contributed by atoms with Gasteiger partial charge in [0.1, 0.15) is 17.3 Å². The summed E-state index contributed by atoms with van der Waals surface area (Å²) >= 11 is 7.52. The van der Waals surface area contributed by atoms with E-state index in [0.29, 0.717) is 40.0 Å². The summed E-state index contributed by atoms with van der Waals surface area (Å²) in [6, 6.07) is 6.47. The Morgan fingerprint density at radius 3 is 2.68 bits per heavy atom. The molecule has 0 unspecified atom stereocenters. The van der Waals surface area contributed by atoms with Crippen LogP contribution in [0.5, 0.6) is 0 Å². The molecule has 3 nitrogen and oxygen atoms in total. The Hall–Kier alpha value is -1.46. The molecule has 2 rings (SSSR count). The van der Waals surface area contributed by atoms with Crippen LogP contribution in [0.2, 0.25) is 5.02 Å². The molecule has 6 heteroatoms. The molecule has 1 amide bonds. The number of thioether (sulfide) groups is 1. The molecule has 2 aromatic rings. The summed E-state index contributed by atoms with van der Waals surface area (Å²) in [4.78, 5) is 12.3. The van der Waals surface area contributed by atoms with Crippen LogP contribution in [0.1, 0.15) is 48.2 Å². The summed E-state index contributed by atoms with van der Waals surface area (Å²) in [5, 5.41) is 3.30. The summed E-state index contributed by atoms with van der Waals surface area (Å²) in [6.45, 7) is 8.40. The van der Waals surface area contributed by atoms with Crippen LogP contribution in [0, 0.1) is 12.7 Å². The second kappa shape index (κ2) is 8.28. The molecule has 0 radical (unpaired) electrons. The highest BCUT2D eigenvalue weighted by atomic mass is 35.5. The Kier molecular flexibility index (Phi) is 6.58. The van der Waals surface area contributed by atoms with Crippen LogP contribution in [0.25, 0.3) is 0 Å². The van der Waals surface area contributed by atoms with Gasteiger partial charge < -0.3 is 9.73 Å². The third kappa shape index (κ3) is 5.25. The van der Waals surface area contributed by atoms with Crippen molar-refractivity contribution in [3.05, 3.63) is 57.8 Å². The van der Waals surface area contributed by atoms with Gasteiger partial charge in [0.05, 0.1) is 5.56 Å². The smallest absolute Gasteiger partial charge is 0.254 e. The van der Waals surface area contributed by atoms with Crippen LogP contribution in [-0.4, -0.2) is 18.2 Å². The van der Waals surface area contributed by atoms with E-state index in [0.717, 1.165) is 5.76 Å². The van der Waals surface area contributed by atoms with E-state index in [4.69, 9.17) is 16.0 Å². The zero-order chi connectivity index (χ0) is 18.6. The molecule has 0 saturated heterocycles. The van der Waals surface area contributed by atoms with Crippen LogP contribution in [0.4, 0.5) is 4.39 Å². The largest absolute Gasteiger partial charge is 0.465 e. The Balaban J connectivity index is 1.82. The van der Waals surface area contributed by atoms with E-state index in [-0.39, 0.29) is 17.1 Å². The van der Waals surface area contributed by atoms with Crippen LogP contribution >= 0.6 is 23.4 Å². The minimum atomic E-state index is -0.298. The van der Waals surface area contributed by atoms with E-state index >= 15 is 0 Å². The van der Waals surface area contributed by atoms with Gasteiger partial charge in [-0.25, -0.2) is 4.39 Å². The molecule has 0 saturated carbocycles. The standard InChI is InChI=1S/C19H23ClFNO2S/c1-12-13(10-17(24-12)19(2,3)4)18(23)22-8-9-25-11-14-15(20)6-5-7-16(14)21/h5-7,10H,8-9,11H2,1-4H3,(H,22,23). The third-order valence-electron chi connectivity index (χ3n) is 3.74. The summed E-state index contributed by atoms with van der Waals surface area (Å²) in [5.74, 6) is 2.10. The second-order valence-electron chi connectivity index (χ2n) is 6.84. The number of rotatable bonds is 6. The summed E-state index contributed by atoms with van der Waals surface area (Å²) < 4.78 is 19.4. The van der Waals surface area contributed by atoms with Crippen molar-refractivity contribution in [2.24, 2.45) is 0 Å². The van der Waals surface area contributed by atoms with Crippen LogP contribution in [0.15, 0.2) is 28.7 Å². The topological polar surface area (TPSA) is 42.2 Å². The normalized spacial score (nSPS) is 11.6. The molecule has 0 aliphatic heterocycles. The molecule has 0 fully saturated rings. The maximum Gasteiger partial charge on any atom is 0.254 e. The number of benzene rings is 1. The molecule has 1 heterocycles. The number of aryl methyl sites for hydroxylation is 1. The van der Waals surface area contributed by atoms with Gasteiger partial charge in [-0.2, -0.15) is 11.8 Å². The van der Waals surface area contributed by atoms with Gasteiger partial charge in [-0.05, 0) is 25.1 Å². The first kappa shape index (κ1) is 19.9. The van der Waals surface area contributed by atoms with E-state index in [2.05, 4.69) is 5.32 Å². The first-order chi connectivity index (χ1) is 11.7. The quantitative estimate of drug-likeness (QED) is 0.684. The van der Waals surface area contributed by atoms with Gasteiger partial charge in [-0.1, -0.05) is 38.4 Å². The highest BCUT2D eigenvalue weighted by Crippen LogP contribution is 2.27. The second-order valence-corrected chi connectivity index (χ2v) is 8.35. The number of carbonyl (C=O) groups excluding carboxylic acids is 1. The van der Waals surface area contributed by atoms with Crippen molar-refractivity contribution in [1.29, 1.82) is 0 Å². The first-order valence-corrected chi connectivity index (χ1v) is 9.63. The molecule has 0 aliphatic carbocycles. The molecular weight excluding hydrogens is 361 g/mol. The Bertz CT molecular complexity index is 732. The van der Waals surface area contributed by atoms with Crippen molar-refractivity contribution in [3.63, 3.8) is 0 Å². The van der Waals surface area contributed by atoms with Gasteiger partial charge in [0.2, 0.25) is 0 Å². The summed E-state index contributed by atoms with van der Waals surface area (Å²) in [5.41, 5.74) is 0.922. The lowest BCUT2D eigenvalue weighted by Crippen LogP contribution is -2.26. The molecule has 136 valence electrons. The summed E-state index contributed by atoms with van der Waals surface area (Å²) in [6.07, 6.45) is 0. The molecule has 0 bridgehead atoms. The van der Waals surface area contributed by atoms with E-state index in [1.54, 1.807) is 25.1 Å². The fourth-order valence-electron chi connectivity index (χ4n) is 2.25. The van der Waals surface area contributed by atoms with E-state index in [9.17, 15) is 9.18 Å². The Morgan fingerprint density at radius 1 is 1.36 bits per heavy atom. The molecule has 0 atom stereocenters. The first-order valence-electron chi connectivity index (χ1n) is 8.10. The maximum absolute atomic E-state index is 13.7. The minimum absolute atomic E-state index is 0.141. The molecule has 0 spiro atoms. The molecule has 1 aromatic carbocycles. The minimum Gasteiger partial charge on any atom is -0.465 e. The molecule has 1 N–H and O–H groups in total. The highest BCUT2D eigenvalue weighted by Gasteiger charge is 2.22. The molecule has 1 aromatic heterocycles. The zero-order valence-electron chi connectivity index (χ0n) is 14.9. The predicted octanol–water partition coefficient (Wildman–Crippen LogP) is 5.34. The van der Waals surface area contributed by atoms with Gasteiger partial charge in [-0.3, -0.25) is 4.79 Å². The van der Waals surface area contributed by atoms with E-state index in [1.807, 2.05) is 20.8 Å². The number of amides is 1. The van der Waals surface area contributed by atoms with E-state index < -0.39 is 0 Å². The van der Waals surface area contributed by atoms with Crippen LogP contribution < -0.4 is 5.32 Å². The SMILES string of the molecule is Cc1oc(C(C)(C)C)cc1C(=O)NCCSCc1c(F)cccc1Cl.